The van der Waals surface area contributed by atoms with Gasteiger partial charge in [0.25, 0.3) is 17.7 Å². The van der Waals surface area contributed by atoms with Crippen molar-refractivity contribution in [2.75, 3.05) is 45.3 Å². The number of aryl methyl sites for hydroxylation is 1. The van der Waals surface area contributed by atoms with E-state index < -0.39 is 29.5 Å². The molecule has 0 saturated carbocycles. The Morgan fingerprint density at radius 2 is 1.91 bits per heavy atom. The van der Waals surface area contributed by atoms with Gasteiger partial charge in [-0.05, 0) is 73.7 Å². The summed E-state index contributed by atoms with van der Waals surface area (Å²) < 4.78 is 66.5. The number of likely N-dealkylation sites (N-methyl/N-ethyl adjacent to an activating group) is 2. The van der Waals surface area contributed by atoms with Crippen molar-refractivity contribution in [3.8, 4) is 47.0 Å². The molecule has 1 aliphatic heterocycles. The summed E-state index contributed by atoms with van der Waals surface area (Å²) in [6.07, 6.45) is 2.65. The lowest BCUT2D eigenvalue weighted by Gasteiger charge is -2.30. The van der Waals surface area contributed by atoms with Crippen molar-refractivity contribution in [1.82, 2.24) is 30.6 Å². The van der Waals surface area contributed by atoms with Gasteiger partial charge in [-0.15, -0.1) is 0 Å². The third-order valence-corrected chi connectivity index (χ3v) is 10.7. The van der Waals surface area contributed by atoms with Crippen molar-refractivity contribution in [2.45, 2.75) is 64.6 Å². The predicted octanol–water partition coefficient (Wildman–Crippen LogP) is 4.60. The van der Waals surface area contributed by atoms with E-state index in [4.69, 9.17) is 15.3 Å². The number of aliphatic hydroxyl groups excluding tert-OH is 1. The number of hydrogen-bond donors (Lipinski definition) is 5. The number of carbonyl (C=O) groups is 3. The normalized spacial score (nSPS) is 14.3. The Hall–Kier alpha value is -7.79. The Balaban J connectivity index is 1.08. The third-order valence-electron chi connectivity index (χ3n) is 10.7. The highest BCUT2D eigenvalue weighted by atomic mass is 19.4. The van der Waals surface area contributed by atoms with Gasteiger partial charge in [-0.2, -0.15) is 23.4 Å². The number of carbonyl (C=O) groups excluding carboxylic acids is 3. The topological polar surface area (TPSA) is 189 Å². The minimum atomic E-state index is -4.84. The predicted molar refractivity (Wildman–Crippen MR) is 252 cm³/mol. The average Bonchev–Trinajstić information content (AvgIpc) is 3.78. The molecule has 15 nitrogen and oxygen atoms in total. The molecule has 19 heteroatoms. The molecule has 0 bridgehead atoms. The summed E-state index contributed by atoms with van der Waals surface area (Å²) in [5.74, 6) is 21.3. The summed E-state index contributed by atoms with van der Waals surface area (Å²) in [4.78, 5) is 42.4. The van der Waals surface area contributed by atoms with Gasteiger partial charge in [0.2, 0.25) is 5.84 Å². The second-order valence-corrected chi connectivity index (χ2v) is 15.5. The number of fused-ring (bicyclic) bond motifs is 1. The highest BCUT2D eigenvalue weighted by Gasteiger charge is 2.35. The SMILES string of the molecule is C/C=C\[C@H](C#CC#CCCn1cc(C(=O)NCCC#Cc2ccc(OCc3ccc(F)c(C(F)(F)F)c3)c(CNCCO)c2)cn1)C(C)N(C)/C(=N\N)C(=O)N[C@H]1COc2ccccc2N(C)C1=O. The molecule has 1 unspecified atom stereocenters. The lowest BCUT2D eigenvalue weighted by atomic mass is 9.99. The van der Waals surface area contributed by atoms with Gasteiger partial charge >= 0.3 is 6.18 Å². The van der Waals surface area contributed by atoms with Gasteiger partial charge < -0.3 is 46.2 Å². The number of benzene rings is 3. The number of anilines is 1. The lowest BCUT2D eigenvalue weighted by Crippen LogP contribution is -2.55. The lowest BCUT2D eigenvalue weighted by molar-refractivity contribution is -0.140. The number of alkyl halides is 3. The quantitative estimate of drug-likeness (QED) is 0.0155. The maximum Gasteiger partial charge on any atom is 0.419 e. The molecule has 5 rings (SSSR count). The van der Waals surface area contributed by atoms with Crippen LogP contribution in [0.4, 0.5) is 23.2 Å². The van der Waals surface area contributed by atoms with Crippen LogP contribution in [0.2, 0.25) is 0 Å². The summed E-state index contributed by atoms with van der Waals surface area (Å²) in [6, 6.07) is 13.5. The largest absolute Gasteiger partial charge is 0.489 e. The Bertz CT molecular complexity index is 2700. The first-order valence-electron chi connectivity index (χ1n) is 21.8. The van der Waals surface area contributed by atoms with Gasteiger partial charge in [-0.3, -0.25) is 19.1 Å². The summed E-state index contributed by atoms with van der Waals surface area (Å²) in [5, 5.41) is 25.8. The number of amidine groups is 1. The zero-order valence-corrected chi connectivity index (χ0v) is 38.5. The van der Waals surface area contributed by atoms with Crippen LogP contribution in [0.15, 0.2) is 90.3 Å². The third kappa shape index (κ3) is 14.9. The minimum Gasteiger partial charge on any atom is -0.489 e. The molecular weight excluding hydrogens is 899 g/mol. The molecule has 6 N–H and O–H groups in total. The number of nitrogens with zero attached hydrogens (tertiary/aromatic N) is 5. The van der Waals surface area contributed by atoms with Crippen LogP contribution in [-0.2, 0) is 35.5 Å². The van der Waals surface area contributed by atoms with Crippen LogP contribution in [0.3, 0.4) is 0 Å². The first-order valence-corrected chi connectivity index (χ1v) is 21.8. The van der Waals surface area contributed by atoms with E-state index in [-0.39, 0.29) is 68.1 Å². The van der Waals surface area contributed by atoms with E-state index in [1.54, 1.807) is 72.3 Å². The number of hydrazone groups is 1. The zero-order chi connectivity index (χ0) is 49.9. The molecular formula is C50H53F4N9O6. The van der Waals surface area contributed by atoms with E-state index in [1.807, 2.05) is 26.0 Å². The Kier molecular flexibility index (Phi) is 19.2. The second-order valence-electron chi connectivity index (χ2n) is 15.5. The van der Waals surface area contributed by atoms with E-state index >= 15 is 0 Å². The van der Waals surface area contributed by atoms with Gasteiger partial charge in [0.05, 0.1) is 42.1 Å². The molecule has 0 radical (unpaired) electrons. The van der Waals surface area contributed by atoms with Crippen molar-refractivity contribution in [3.05, 3.63) is 119 Å². The van der Waals surface area contributed by atoms with Crippen molar-refractivity contribution < 1.29 is 46.5 Å². The number of hydrogen-bond acceptors (Lipinski definition) is 10. The van der Waals surface area contributed by atoms with E-state index in [2.05, 4.69) is 61.7 Å². The van der Waals surface area contributed by atoms with Crippen molar-refractivity contribution in [1.29, 1.82) is 0 Å². The van der Waals surface area contributed by atoms with E-state index in [0.29, 0.717) is 65.9 Å². The van der Waals surface area contributed by atoms with Crippen molar-refractivity contribution in [3.63, 3.8) is 0 Å². The monoisotopic (exact) mass is 951 g/mol. The summed E-state index contributed by atoms with van der Waals surface area (Å²) in [5.41, 5.74) is 0.979. The summed E-state index contributed by atoms with van der Waals surface area (Å²) in [7, 11) is 3.27. The summed E-state index contributed by atoms with van der Waals surface area (Å²) >= 11 is 0. The van der Waals surface area contributed by atoms with Gasteiger partial charge in [0, 0.05) is 69.9 Å². The van der Waals surface area contributed by atoms with Gasteiger partial charge in [-0.1, -0.05) is 54.0 Å². The Morgan fingerprint density at radius 1 is 1.12 bits per heavy atom. The number of aromatic nitrogens is 2. The Morgan fingerprint density at radius 3 is 2.67 bits per heavy atom. The molecule has 1 aliphatic rings. The number of aliphatic hydroxyl groups is 1. The van der Waals surface area contributed by atoms with Crippen LogP contribution in [0.5, 0.6) is 11.5 Å². The van der Waals surface area contributed by atoms with Crippen LogP contribution in [0.1, 0.15) is 59.3 Å². The molecule has 0 spiro atoms. The first-order chi connectivity index (χ1) is 33.1. The van der Waals surface area contributed by atoms with Gasteiger partial charge in [0.15, 0.2) is 0 Å². The van der Waals surface area contributed by atoms with Crippen LogP contribution in [-0.4, -0.2) is 95.8 Å². The van der Waals surface area contributed by atoms with E-state index in [9.17, 15) is 37.1 Å². The molecule has 3 amide bonds. The van der Waals surface area contributed by atoms with E-state index in [0.717, 1.165) is 6.07 Å². The summed E-state index contributed by atoms with van der Waals surface area (Å²) in [6.45, 7) is 4.51. The van der Waals surface area contributed by atoms with Crippen molar-refractivity contribution in [2.24, 2.45) is 16.9 Å². The maximum atomic E-state index is 13.8. The number of halogens is 4. The fourth-order valence-corrected chi connectivity index (χ4v) is 6.84. The number of nitrogens with two attached hydrogens (primary N) is 1. The van der Waals surface area contributed by atoms with Gasteiger partial charge in [0.1, 0.15) is 36.6 Å². The average molecular weight is 952 g/mol. The van der Waals surface area contributed by atoms with Crippen LogP contribution in [0, 0.1) is 47.3 Å². The van der Waals surface area contributed by atoms with E-state index in [1.165, 1.54) is 17.2 Å². The van der Waals surface area contributed by atoms with Crippen LogP contribution in [0.25, 0.3) is 0 Å². The fourth-order valence-electron chi connectivity index (χ4n) is 6.84. The number of ether oxygens (including phenoxy) is 2. The molecule has 0 saturated heterocycles. The highest BCUT2D eigenvalue weighted by Crippen LogP contribution is 2.33. The maximum absolute atomic E-state index is 13.8. The molecule has 3 atom stereocenters. The molecule has 1 aromatic heterocycles. The minimum absolute atomic E-state index is 0.0763. The standard InChI is InChI=1S/C50H53F4N9O6/c1-5-14-37(34(2)61(3)46(60-55)48(66)59-42-33-69-45-18-10-9-17-43(45)62(4)49(42)67)16-8-6-7-13-25-63-31-39(30-58-63)47(65)57-23-12-11-15-35-20-22-44(38(27-35)29-56-24-26-64)68-32-36-19-21-41(51)40(28-36)50(52,53)54/h5,9-10,14,17-22,27-28,30-31,34,37,42,56,64H,12-13,23-26,29,32-33,55H2,1-4H3,(H,57,65)(H,59,66)/b14-5-,60-46-/t34?,37-,42+/m1/s1. The zero-order valence-electron chi connectivity index (χ0n) is 38.5. The molecule has 69 heavy (non-hydrogen) atoms. The van der Waals surface area contributed by atoms with Crippen LogP contribution >= 0.6 is 0 Å². The number of para-hydroxylation sites is 2. The molecule has 362 valence electrons. The molecule has 0 fully saturated rings. The van der Waals surface area contributed by atoms with Crippen molar-refractivity contribution >= 4 is 29.2 Å². The molecule has 0 aliphatic carbocycles. The highest BCUT2D eigenvalue weighted by molar-refractivity contribution is 6.38. The van der Waals surface area contributed by atoms with Gasteiger partial charge in [-0.25, -0.2) is 4.39 Å². The van der Waals surface area contributed by atoms with Crippen LogP contribution < -0.4 is 36.2 Å². The number of amides is 3. The Labute approximate surface area is 398 Å². The smallest absolute Gasteiger partial charge is 0.419 e. The molecule has 3 aromatic carbocycles. The number of nitrogens with one attached hydrogen (secondary N) is 3. The fraction of sp³-hybridized carbons (Fsp3) is 0.340. The number of rotatable bonds is 16. The second kappa shape index (κ2) is 25.4. The first kappa shape index (κ1) is 52.2. The molecule has 4 aromatic rings. The number of allylic oxidation sites excluding steroid dienone is 1. The molecule has 2 heterocycles.